The van der Waals surface area contributed by atoms with Crippen LogP contribution < -0.4 is 10.6 Å². The summed E-state index contributed by atoms with van der Waals surface area (Å²) in [6.45, 7) is 3.86. The molecule has 0 saturated carbocycles. The zero-order valence-corrected chi connectivity index (χ0v) is 15.5. The lowest BCUT2D eigenvalue weighted by molar-refractivity contribution is -0.115. The number of para-hydroxylation sites is 1. The predicted molar refractivity (Wildman–Crippen MR) is 105 cm³/mol. The van der Waals surface area contributed by atoms with E-state index in [4.69, 9.17) is 0 Å². The normalized spacial score (nSPS) is 11.8. The Balaban J connectivity index is 1.57. The van der Waals surface area contributed by atoms with E-state index >= 15 is 0 Å². The number of aromatic nitrogens is 2. The fourth-order valence-electron chi connectivity index (χ4n) is 2.12. The predicted octanol–water partition coefficient (Wildman–Crippen LogP) is 4.71. The lowest BCUT2D eigenvalue weighted by atomic mass is 10.2. The second-order valence-corrected chi connectivity index (χ2v) is 8.05. The highest BCUT2D eigenvalue weighted by atomic mass is 32.2. The van der Waals surface area contributed by atoms with Crippen molar-refractivity contribution in [3.05, 3.63) is 60.2 Å². The lowest BCUT2D eigenvalue weighted by Crippen LogP contribution is -2.22. The zero-order valence-electron chi connectivity index (χ0n) is 13.9. The van der Waals surface area contributed by atoms with E-state index < -0.39 is 0 Å². The summed E-state index contributed by atoms with van der Waals surface area (Å²) in [6.07, 6.45) is 0. The van der Waals surface area contributed by atoms with Crippen molar-refractivity contribution in [2.24, 2.45) is 0 Å². The maximum Gasteiger partial charge on any atom is 0.237 e. The monoisotopic (exact) mass is 370 g/mol. The highest BCUT2D eigenvalue weighted by molar-refractivity contribution is 8.02. The second-order valence-electron chi connectivity index (χ2n) is 5.48. The van der Waals surface area contributed by atoms with Crippen LogP contribution >= 0.6 is 23.1 Å². The molecule has 3 rings (SSSR count). The molecule has 1 amide bonds. The molecule has 0 fully saturated rings. The molecule has 2 N–H and O–H groups in total. The minimum Gasteiger partial charge on any atom is -0.330 e. The molecular weight excluding hydrogens is 352 g/mol. The maximum atomic E-state index is 12.3. The summed E-state index contributed by atoms with van der Waals surface area (Å²) in [4.78, 5) is 12.3. The molecule has 3 aromatic rings. The van der Waals surface area contributed by atoms with Crippen molar-refractivity contribution in [3.8, 4) is 0 Å². The minimum absolute atomic E-state index is 0.0524. The minimum atomic E-state index is -0.266. The van der Waals surface area contributed by atoms with E-state index in [1.54, 1.807) is 0 Å². The Labute approximate surface area is 154 Å². The van der Waals surface area contributed by atoms with Gasteiger partial charge in [0.25, 0.3) is 0 Å². The van der Waals surface area contributed by atoms with Gasteiger partial charge in [-0.2, -0.15) is 0 Å². The van der Waals surface area contributed by atoms with Crippen LogP contribution in [0.25, 0.3) is 0 Å². The molecule has 1 aromatic heterocycles. The average Bonchev–Trinajstić information content (AvgIpc) is 3.02. The zero-order chi connectivity index (χ0) is 17.6. The van der Waals surface area contributed by atoms with Crippen molar-refractivity contribution in [2.45, 2.75) is 23.4 Å². The van der Waals surface area contributed by atoms with Crippen LogP contribution in [0, 0.1) is 6.92 Å². The third-order valence-corrected chi connectivity index (χ3v) is 5.39. The highest BCUT2D eigenvalue weighted by Gasteiger charge is 2.17. The molecule has 128 valence electrons. The number of nitrogens with one attached hydrogen (secondary N) is 2. The van der Waals surface area contributed by atoms with Gasteiger partial charge in [0.05, 0.1) is 5.25 Å². The molecule has 2 aromatic carbocycles. The quantitative estimate of drug-likeness (QED) is 0.615. The first-order valence-electron chi connectivity index (χ1n) is 7.80. The molecule has 1 heterocycles. The molecule has 5 nitrogen and oxygen atoms in total. The Bertz CT molecular complexity index is 851. The summed E-state index contributed by atoms with van der Waals surface area (Å²) >= 11 is 2.83. The SMILES string of the molecule is Cc1cccc(NC(=O)C(C)Sc2nnc(Nc3ccccc3)s2)c1. The van der Waals surface area contributed by atoms with Crippen molar-refractivity contribution in [1.82, 2.24) is 10.2 Å². The fraction of sp³-hybridized carbons (Fsp3) is 0.167. The van der Waals surface area contributed by atoms with Gasteiger partial charge in [0.2, 0.25) is 11.0 Å². The van der Waals surface area contributed by atoms with Crippen LogP contribution in [-0.2, 0) is 4.79 Å². The number of amides is 1. The van der Waals surface area contributed by atoms with Crippen LogP contribution in [-0.4, -0.2) is 21.4 Å². The molecule has 7 heteroatoms. The van der Waals surface area contributed by atoms with Crippen LogP contribution in [0.4, 0.5) is 16.5 Å². The van der Waals surface area contributed by atoms with Gasteiger partial charge in [-0.3, -0.25) is 4.79 Å². The molecule has 0 aliphatic rings. The van der Waals surface area contributed by atoms with E-state index in [9.17, 15) is 4.79 Å². The molecule has 1 unspecified atom stereocenters. The van der Waals surface area contributed by atoms with Crippen LogP contribution in [0.5, 0.6) is 0 Å². The summed E-state index contributed by atoms with van der Waals surface area (Å²) in [5, 5.41) is 14.8. The van der Waals surface area contributed by atoms with E-state index in [0.29, 0.717) is 5.13 Å². The number of hydrogen-bond donors (Lipinski definition) is 2. The number of benzene rings is 2. The number of anilines is 3. The number of thioether (sulfide) groups is 1. The average molecular weight is 371 g/mol. The van der Waals surface area contributed by atoms with Crippen molar-refractivity contribution >= 4 is 45.5 Å². The topological polar surface area (TPSA) is 66.9 Å². The number of carbonyl (C=O) groups is 1. The van der Waals surface area contributed by atoms with Gasteiger partial charge in [-0.05, 0) is 43.7 Å². The molecule has 0 bridgehead atoms. The molecular formula is C18H18N4OS2. The summed E-state index contributed by atoms with van der Waals surface area (Å²) in [5.41, 5.74) is 2.88. The van der Waals surface area contributed by atoms with Gasteiger partial charge in [-0.15, -0.1) is 10.2 Å². The Kier molecular flexibility index (Phi) is 5.67. The third-order valence-electron chi connectivity index (χ3n) is 3.36. The first kappa shape index (κ1) is 17.4. The largest absolute Gasteiger partial charge is 0.330 e. The van der Waals surface area contributed by atoms with Crippen LogP contribution in [0.2, 0.25) is 0 Å². The summed E-state index contributed by atoms with van der Waals surface area (Å²) in [5.74, 6) is -0.0524. The molecule has 0 aliphatic carbocycles. The van der Waals surface area contributed by atoms with Crippen molar-refractivity contribution in [3.63, 3.8) is 0 Å². The Morgan fingerprint density at radius 1 is 1.08 bits per heavy atom. The fourth-order valence-corrected chi connectivity index (χ4v) is 4.04. The lowest BCUT2D eigenvalue weighted by Gasteiger charge is -2.10. The van der Waals surface area contributed by atoms with Crippen molar-refractivity contribution in [1.29, 1.82) is 0 Å². The van der Waals surface area contributed by atoms with Crippen molar-refractivity contribution < 1.29 is 4.79 Å². The molecule has 1 atom stereocenters. The molecule has 0 radical (unpaired) electrons. The van der Waals surface area contributed by atoms with Crippen LogP contribution in [0.3, 0.4) is 0 Å². The van der Waals surface area contributed by atoms with Gasteiger partial charge >= 0.3 is 0 Å². The van der Waals surface area contributed by atoms with E-state index in [1.807, 2.05) is 68.4 Å². The smallest absolute Gasteiger partial charge is 0.237 e. The van der Waals surface area contributed by atoms with Gasteiger partial charge in [0.1, 0.15) is 0 Å². The van der Waals surface area contributed by atoms with Crippen molar-refractivity contribution in [2.75, 3.05) is 10.6 Å². The summed E-state index contributed by atoms with van der Waals surface area (Å²) in [6, 6.07) is 17.6. The number of hydrogen-bond acceptors (Lipinski definition) is 6. The van der Waals surface area contributed by atoms with E-state index in [1.165, 1.54) is 23.1 Å². The van der Waals surface area contributed by atoms with Gasteiger partial charge in [0, 0.05) is 11.4 Å². The molecule has 0 spiro atoms. The van der Waals surface area contributed by atoms with Crippen LogP contribution in [0.1, 0.15) is 12.5 Å². The Hall–Kier alpha value is -2.38. The van der Waals surface area contributed by atoms with E-state index in [-0.39, 0.29) is 11.2 Å². The highest BCUT2D eigenvalue weighted by Crippen LogP contribution is 2.30. The molecule has 0 aliphatic heterocycles. The van der Waals surface area contributed by atoms with Gasteiger partial charge in [-0.1, -0.05) is 53.4 Å². The third kappa shape index (κ3) is 5.04. The Morgan fingerprint density at radius 3 is 2.60 bits per heavy atom. The maximum absolute atomic E-state index is 12.3. The van der Waals surface area contributed by atoms with Crippen LogP contribution in [0.15, 0.2) is 58.9 Å². The number of carbonyl (C=O) groups excluding carboxylic acids is 1. The second kappa shape index (κ2) is 8.13. The van der Waals surface area contributed by atoms with Gasteiger partial charge in [-0.25, -0.2) is 0 Å². The van der Waals surface area contributed by atoms with E-state index in [2.05, 4.69) is 20.8 Å². The summed E-state index contributed by atoms with van der Waals surface area (Å²) in [7, 11) is 0. The van der Waals surface area contributed by atoms with Gasteiger partial charge < -0.3 is 10.6 Å². The van der Waals surface area contributed by atoms with E-state index in [0.717, 1.165) is 21.3 Å². The number of rotatable bonds is 6. The summed E-state index contributed by atoms with van der Waals surface area (Å²) < 4.78 is 0.755. The van der Waals surface area contributed by atoms with Gasteiger partial charge in [0.15, 0.2) is 4.34 Å². The first-order chi connectivity index (χ1) is 12.1. The Morgan fingerprint density at radius 2 is 1.84 bits per heavy atom. The molecule has 25 heavy (non-hydrogen) atoms. The number of aryl methyl sites for hydroxylation is 1. The standard InChI is InChI=1S/C18H18N4OS2/c1-12-7-6-10-15(11-12)19-16(23)13(2)24-18-22-21-17(25-18)20-14-8-4-3-5-9-14/h3-11,13H,1-2H3,(H,19,23)(H,20,21). The first-order valence-corrected chi connectivity index (χ1v) is 9.49. The molecule has 0 saturated heterocycles. The number of nitrogens with zero attached hydrogens (tertiary/aromatic N) is 2.